The summed E-state index contributed by atoms with van der Waals surface area (Å²) in [5.74, 6) is 0.883. The monoisotopic (exact) mass is 273 g/mol. The molecule has 0 bridgehead atoms. The first kappa shape index (κ1) is 12.5. The van der Waals surface area contributed by atoms with Gasteiger partial charge in [-0.2, -0.15) is 0 Å². The van der Waals surface area contributed by atoms with Gasteiger partial charge in [-0.15, -0.1) is 0 Å². The summed E-state index contributed by atoms with van der Waals surface area (Å²) in [5.41, 5.74) is 2.36. The van der Waals surface area contributed by atoms with Crippen molar-refractivity contribution in [1.82, 2.24) is 5.32 Å². The second kappa shape index (κ2) is 5.64. The van der Waals surface area contributed by atoms with E-state index < -0.39 is 0 Å². The summed E-state index contributed by atoms with van der Waals surface area (Å²) in [6.45, 7) is 1.77. The molecule has 0 aliphatic carbocycles. The molecule has 2 aromatic carbocycles. The molecule has 0 saturated carbocycles. The lowest BCUT2D eigenvalue weighted by Crippen LogP contribution is -2.23. The summed E-state index contributed by atoms with van der Waals surface area (Å²) >= 11 is 6.06. The first-order valence-electron chi connectivity index (χ1n) is 6.54. The Bertz CT molecular complexity index is 556. The molecule has 0 radical (unpaired) electrons. The number of rotatable bonds is 1. The molecular weight excluding hydrogens is 258 g/mol. The van der Waals surface area contributed by atoms with E-state index in [1.165, 1.54) is 5.56 Å². The fourth-order valence-corrected chi connectivity index (χ4v) is 2.52. The number of fused-ring (bicyclic) bond motifs is 1. The van der Waals surface area contributed by atoms with Gasteiger partial charge in [0.2, 0.25) is 0 Å². The number of hydrogen-bond donors (Lipinski definition) is 1. The van der Waals surface area contributed by atoms with Crippen molar-refractivity contribution >= 4 is 11.6 Å². The van der Waals surface area contributed by atoms with Crippen LogP contribution in [0.1, 0.15) is 23.7 Å². The van der Waals surface area contributed by atoms with Crippen molar-refractivity contribution < 1.29 is 4.74 Å². The number of ether oxygens (including phenoxy) is 1. The molecule has 2 aromatic rings. The van der Waals surface area contributed by atoms with Crippen LogP contribution in [0.25, 0.3) is 0 Å². The summed E-state index contributed by atoms with van der Waals surface area (Å²) < 4.78 is 6.18. The van der Waals surface area contributed by atoms with Crippen LogP contribution in [0.4, 0.5) is 0 Å². The normalized spacial score (nSPS) is 18.9. The molecule has 0 spiro atoms. The highest BCUT2D eigenvalue weighted by atomic mass is 35.5. The van der Waals surface area contributed by atoms with Gasteiger partial charge >= 0.3 is 0 Å². The maximum Gasteiger partial charge on any atom is 0.126 e. The van der Waals surface area contributed by atoms with Gasteiger partial charge in [-0.25, -0.2) is 0 Å². The highest BCUT2D eigenvalue weighted by molar-refractivity contribution is 6.30. The molecule has 0 amide bonds. The quantitative estimate of drug-likeness (QED) is 0.849. The minimum atomic E-state index is 0.0752. The molecule has 2 nitrogen and oxygen atoms in total. The predicted molar refractivity (Wildman–Crippen MR) is 77.6 cm³/mol. The topological polar surface area (TPSA) is 21.3 Å². The minimum Gasteiger partial charge on any atom is -0.485 e. The van der Waals surface area contributed by atoms with Crippen LogP contribution in [-0.2, 0) is 6.54 Å². The van der Waals surface area contributed by atoms with Gasteiger partial charge in [0, 0.05) is 23.6 Å². The van der Waals surface area contributed by atoms with Crippen molar-refractivity contribution in [1.29, 1.82) is 0 Å². The predicted octanol–water partition coefficient (Wildman–Crippen LogP) is 3.95. The Hall–Kier alpha value is -1.51. The van der Waals surface area contributed by atoms with Crippen LogP contribution in [0.2, 0.25) is 5.02 Å². The van der Waals surface area contributed by atoms with Gasteiger partial charge in [0.25, 0.3) is 0 Å². The zero-order valence-corrected chi connectivity index (χ0v) is 11.4. The van der Waals surface area contributed by atoms with Gasteiger partial charge < -0.3 is 10.1 Å². The molecular formula is C16H16ClNO. The molecule has 3 heteroatoms. The van der Waals surface area contributed by atoms with Crippen LogP contribution in [0.3, 0.4) is 0 Å². The van der Waals surface area contributed by atoms with Crippen LogP contribution in [0.5, 0.6) is 5.75 Å². The van der Waals surface area contributed by atoms with E-state index in [-0.39, 0.29) is 6.10 Å². The van der Waals surface area contributed by atoms with Crippen molar-refractivity contribution in [2.45, 2.75) is 19.1 Å². The Morgan fingerprint density at radius 3 is 2.79 bits per heavy atom. The Morgan fingerprint density at radius 2 is 1.95 bits per heavy atom. The molecule has 1 heterocycles. The van der Waals surface area contributed by atoms with Crippen molar-refractivity contribution in [3.05, 3.63) is 64.7 Å². The smallest absolute Gasteiger partial charge is 0.126 e. The van der Waals surface area contributed by atoms with Crippen LogP contribution in [0, 0.1) is 0 Å². The van der Waals surface area contributed by atoms with Gasteiger partial charge in [0.1, 0.15) is 11.9 Å². The highest BCUT2D eigenvalue weighted by Gasteiger charge is 2.17. The van der Waals surface area contributed by atoms with Crippen LogP contribution < -0.4 is 10.1 Å². The third kappa shape index (κ3) is 2.91. The first-order chi connectivity index (χ1) is 9.33. The van der Waals surface area contributed by atoms with Crippen LogP contribution in [0.15, 0.2) is 48.5 Å². The largest absolute Gasteiger partial charge is 0.485 e. The molecule has 1 aliphatic rings. The Morgan fingerprint density at radius 1 is 1.11 bits per heavy atom. The molecule has 19 heavy (non-hydrogen) atoms. The minimum absolute atomic E-state index is 0.0752. The SMILES string of the molecule is Clc1ccc2c(c1)OC(c1ccccc1)CCNC2. The average molecular weight is 274 g/mol. The van der Waals surface area contributed by atoms with Crippen molar-refractivity contribution in [3.8, 4) is 5.75 Å². The van der Waals surface area contributed by atoms with Crippen molar-refractivity contribution in [2.75, 3.05) is 6.54 Å². The van der Waals surface area contributed by atoms with E-state index >= 15 is 0 Å². The molecule has 0 aromatic heterocycles. The summed E-state index contributed by atoms with van der Waals surface area (Å²) in [7, 11) is 0. The van der Waals surface area contributed by atoms with Crippen molar-refractivity contribution in [3.63, 3.8) is 0 Å². The standard InChI is InChI=1S/C16H16ClNO/c17-14-7-6-13-11-18-9-8-15(19-16(13)10-14)12-4-2-1-3-5-12/h1-7,10,15,18H,8-9,11H2. The molecule has 3 rings (SSSR count). The van der Waals surface area contributed by atoms with Crippen LogP contribution in [-0.4, -0.2) is 6.54 Å². The average Bonchev–Trinajstić information content (AvgIpc) is 2.41. The van der Waals surface area contributed by atoms with Gasteiger partial charge in [0.05, 0.1) is 0 Å². The second-order valence-corrected chi connectivity index (χ2v) is 5.17. The maximum atomic E-state index is 6.18. The second-order valence-electron chi connectivity index (χ2n) is 4.73. The Balaban J connectivity index is 1.93. The van der Waals surface area contributed by atoms with E-state index in [1.54, 1.807) is 0 Å². The number of benzene rings is 2. The summed E-state index contributed by atoms with van der Waals surface area (Å²) in [4.78, 5) is 0. The van der Waals surface area contributed by atoms with Gasteiger partial charge in [-0.3, -0.25) is 0 Å². The molecule has 0 saturated heterocycles. The van der Waals surface area contributed by atoms with E-state index in [4.69, 9.17) is 16.3 Å². The van der Waals surface area contributed by atoms with Gasteiger partial charge in [-0.05, 0) is 24.2 Å². The third-order valence-corrected chi connectivity index (χ3v) is 3.60. The van der Waals surface area contributed by atoms with Gasteiger partial charge in [0.15, 0.2) is 0 Å². The first-order valence-corrected chi connectivity index (χ1v) is 6.91. The van der Waals surface area contributed by atoms with E-state index in [9.17, 15) is 0 Å². The lowest BCUT2D eigenvalue weighted by Gasteiger charge is -2.24. The lowest BCUT2D eigenvalue weighted by molar-refractivity contribution is 0.185. The molecule has 1 atom stereocenters. The zero-order valence-electron chi connectivity index (χ0n) is 10.6. The molecule has 1 unspecified atom stereocenters. The number of nitrogens with one attached hydrogen (secondary N) is 1. The highest BCUT2D eigenvalue weighted by Crippen LogP contribution is 2.31. The summed E-state index contributed by atoms with van der Waals surface area (Å²) in [6.07, 6.45) is 1.03. The molecule has 98 valence electrons. The molecule has 0 fully saturated rings. The summed E-state index contributed by atoms with van der Waals surface area (Å²) in [6, 6.07) is 16.2. The van der Waals surface area contributed by atoms with E-state index in [2.05, 4.69) is 17.4 Å². The zero-order chi connectivity index (χ0) is 13.1. The lowest BCUT2D eigenvalue weighted by atomic mass is 10.0. The van der Waals surface area contributed by atoms with E-state index in [1.807, 2.05) is 36.4 Å². The number of hydrogen-bond acceptors (Lipinski definition) is 2. The van der Waals surface area contributed by atoms with E-state index in [0.717, 1.165) is 30.8 Å². The van der Waals surface area contributed by atoms with E-state index in [0.29, 0.717) is 5.02 Å². The number of halogens is 1. The third-order valence-electron chi connectivity index (χ3n) is 3.37. The summed E-state index contributed by atoms with van der Waals surface area (Å²) in [5, 5.41) is 4.15. The fraction of sp³-hybridized carbons (Fsp3) is 0.250. The molecule has 1 aliphatic heterocycles. The van der Waals surface area contributed by atoms with Crippen molar-refractivity contribution in [2.24, 2.45) is 0 Å². The Labute approximate surface area is 118 Å². The Kier molecular flexibility index (Phi) is 3.72. The fourth-order valence-electron chi connectivity index (χ4n) is 2.35. The van der Waals surface area contributed by atoms with Gasteiger partial charge in [-0.1, -0.05) is 48.0 Å². The van der Waals surface area contributed by atoms with Crippen LogP contribution >= 0.6 is 11.6 Å². The maximum absolute atomic E-state index is 6.18. The molecule has 1 N–H and O–H groups in total.